The van der Waals surface area contributed by atoms with E-state index in [9.17, 15) is 15.3 Å². The van der Waals surface area contributed by atoms with Gasteiger partial charge in [0.1, 0.15) is 23.0 Å². The first-order valence-electron chi connectivity index (χ1n) is 10.7. The Hall–Kier alpha value is -3.81. The summed E-state index contributed by atoms with van der Waals surface area (Å²) in [6.45, 7) is 3.81. The molecule has 2 N–H and O–H groups in total. The molecular formula is C26H23N5OS. The first kappa shape index (κ1) is 22.4. The fourth-order valence-electron chi connectivity index (χ4n) is 4.25. The number of carbonyl (C=O) groups is 1. The van der Waals surface area contributed by atoms with Crippen LogP contribution < -0.4 is 10.6 Å². The molecule has 1 aromatic heterocycles. The summed E-state index contributed by atoms with van der Waals surface area (Å²) in [5, 5.41) is 19.7. The number of anilines is 3. The molecule has 33 heavy (non-hydrogen) atoms. The van der Waals surface area contributed by atoms with Crippen molar-refractivity contribution < 1.29 is 4.79 Å². The van der Waals surface area contributed by atoms with Gasteiger partial charge in [-0.1, -0.05) is 62.0 Å². The summed E-state index contributed by atoms with van der Waals surface area (Å²) in [7, 11) is 0. The summed E-state index contributed by atoms with van der Waals surface area (Å²) in [5.41, 5.74) is 11.1. The van der Waals surface area contributed by atoms with Crippen LogP contribution in [-0.2, 0) is 17.6 Å². The minimum absolute atomic E-state index is 0.0766. The fraction of sp³-hybridized carbons (Fsp3) is 0.231. The van der Waals surface area contributed by atoms with E-state index in [1.54, 1.807) is 4.90 Å². The highest BCUT2D eigenvalue weighted by molar-refractivity contribution is 8.00. The van der Waals surface area contributed by atoms with Gasteiger partial charge in [0.2, 0.25) is 5.91 Å². The SMILES string of the molecule is CC(C)c1c(C#N)c(N)nc(SCC(=O)N2c3ccccc3CCc3ccccc32)c1C#N. The first-order chi connectivity index (χ1) is 16.0. The number of fused-ring (bicyclic) bond motifs is 2. The standard InChI is InChI=1S/C26H23N5OS/c1-16(2)24-19(13-27)25(29)30-26(20(24)14-28)33-15-23(32)31-21-9-5-3-7-17(21)11-12-18-8-4-6-10-22(18)31/h3-10,16H,11-12,15H2,1-2H3,(H2,29,30). The van der Waals surface area contributed by atoms with E-state index in [0.717, 1.165) is 35.3 Å². The molecule has 0 unspecified atom stereocenters. The van der Waals surface area contributed by atoms with Crippen molar-refractivity contribution in [3.63, 3.8) is 0 Å². The van der Waals surface area contributed by atoms with Gasteiger partial charge in [-0.05, 0) is 47.6 Å². The molecule has 0 atom stereocenters. The number of nitriles is 2. The van der Waals surface area contributed by atoms with E-state index in [-0.39, 0.29) is 29.0 Å². The Balaban J connectivity index is 1.72. The molecule has 0 bridgehead atoms. The summed E-state index contributed by atoms with van der Waals surface area (Å²) in [4.78, 5) is 19.7. The Morgan fingerprint density at radius 1 is 1.03 bits per heavy atom. The molecular weight excluding hydrogens is 430 g/mol. The molecule has 0 aliphatic carbocycles. The highest BCUT2D eigenvalue weighted by Crippen LogP contribution is 2.38. The average Bonchev–Trinajstić information content (AvgIpc) is 2.99. The van der Waals surface area contributed by atoms with Gasteiger partial charge >= 0.3 is 0 Å². The van der Waals surface area contributed by atoms with Crippen LogP contribution >= 0.6 is 11.8 Å². The molecule has 0 saturated carbocycles. The molecule has 6 nitrogen and oxygen atoms in total. The molecule has 0 spiro atoms. The van der Waals surface area contributed by atoms with Crippen molar-refractivity contribution in [3.05, 3.63) is 76.3 Å². The number of thioether (sulfide) groups is 1. The summed E-state index contributed by atoms with van der Waals surface area (Å²) in [5.74, 6) is -0.0334. The number of nitrogens with two attached hydrogens (primary N) is 1. The number of nitrogen functional groups attached to an aromatic ring is 1. The van der Waals surface area contributed by atoms with Crippen LogP contribution in [0.2, 0.25) is 0 Å². The molecule has 4 rings (SSSR count). The first-order valence-corrected chi connectivity index (χ1v) is 11.7. The second kappa shape index (κ2) is 9.36. The number of nitrogens with zero attached hydrogens (tertiary/aromatic N) is 4. The third-order valence-corrected chi connectivity index (χ3v) is 6.70. The number of benzene rings is 2. The average molecular weight is 454 g/mol. The number of para-hydroxylation sites is 2. The normalized spacial score (nSPS) is 12.3. The van der Waals surface area contributed by atoms with Crippen LogP contribution in [0.3, 0.4) is 0 Å². The van der Waals surface area contributed by atoms with Gasteiger partial charge < -0.3 is 5.73 Å². The van der Waals surface area contributed by atoms with E-state index in [1.807, 2.05) is 50.2 Å². The Bertz CT molecular complexity index is 1270. The van der Waals surface area contributed by atoms with Crippen LogP contribution in [0.4, 0.5) is 17.2 Å². The number of amides is 1. The second-order valence-electron chi connectivity index (χ2n) is 8.12. The largest absolute Gasteiger partial charge is 0.383 e. The van der Waals surface area contributed by atoms with Crippen LogP contribution in [0, 0.1) is 22.7 Å². The summed E-state index contributed by atoms with van der Waals surface area (Å²) >= 11 is 1.18. The molecule has 0 saturated heterocycles. The van der Waals surface area contributed by atoms with Gasteiger partial charge in [0.05, 0.1) is 28.3 Å². The second-order valence-corrected chi connectivity index (χ2v) is 9.08. The quantitative estimate of drug-likeness (QED) is 0.552. The van der Waals surface area contributed by atoms with Crippen molar-refractivity contribution in [1.29, 1.82) is 10.5 Å². The fourth-order valence-corrected chi connectivity index (χ4v) is 5.10. The molecule has 0 radical (unpaired) electrons. The third kappa shape index (κ3) is 4.16. The highest BCUT2D eigenvalue weighted by Gasteiger charge is 2.27. The molecule has 1 amide bonds. The van der Waals surface area contributed by atoms with E-state index in [2.05, 4.69) is 29.3 Å². The highest BCUT2D eigenvalue weighted by atomic mass is 32.2. The van der Waals surface area contributed by atoms with Crippen molar-refractivity contribution in [1.82, 2.24) is 4.98 Å². The molecule has 3 aromatic rings. The zero-order valence-electron chi connectivity index (χ0n) is 18.5. The smallest absolute Gasteiger partial charge is 0.241 e. The molecule has 2 heterocycles. The van der Waals surface area contributed by atoms with Crippen LogP contribution in [0.25, 0.3) is 0 Å². The van der Waals surface area contributed by atoms with Gasteiger partial charge in [0.25, 0.3) is 0 Å². The van der Waals surface area contributed by atoms with E-state index in [0.29, 0.717) is 16.2 Å². The molecule has 2 aromatic carbocycles. The number of aryl methyl sites for hydroxylation is 2. The molecule has 7 heteroatoms. The maximum atomic E-state index is 13.6. The Kier molecular flexibility index (Phi) is 6.35. The van der Waals surface area contributed by atoms with Crippen LogP contribution in [0.5, 0.6) is 0 Å². The van der Waals surface area contributed by atoms with Crippen molar-refractivity contribution in [2.24, 2.45) is 0 Å². The van der Waals surface area contributed by atoms with Crippen LogP contribution in [0.15, 0.2) is 53.6 Å². The van der Waals surface area contributed by atoms with Crippen molar-refractivity contribution in [2.45, 2.75) is 37.6 Å². The number of hydrogen-bond donors (Lipinski definition) is 1. The van der Waals surface area contributed by atoms with Crippen molar-refractivity contribution in [2.75, 3.05) is 16.4 Å². The van der Waals surface area contributed by atoms with Crippen LogP contribution in [0.1, 0.15) is 47.6 Å². The zero-order valence-corrected chi connectivity index (χ0v) is 19.3. The maximum absolute atomic E-state index is 13.6. The predicted octanol–water partition coefficient (Wildman–Crippen LogP) is 5.09. The Morgan fingerprint density at radius 2 is 1.58 bits per heavy atom. The lowest BCUT2D eigenvalue weighted by Gasteiger charge is -2.25. The lowest BCUT2D eigenvalue weighted by molar-refractivity contribution is -0.115. The number of pyridine rings is 1. The van der Waals surface area contributed by atoms with Gasteiger partial charge in [0.15, 0.2) is 0 Å². The minimum Gasteiger partial charge on any atom is -0.383 e. The topological polar surface area (TPSA) is 107 Å². The minimum atomic E-state index is -0.110. The lowest BCUT2D eigenvalue weighted by Crippen LogP contribution is -2.28. The zero-order chi connectivity index (χ0) is 23.5. The van der Waals surface area contributed by atoms with Gasteiger partial charge in [-0.25, -0.2) is 4.98 Å². The molecule has 1 aliphatic heterocycles. The Labute approximate surface area is 197 Å². The summed E-state index contributed by atoms with van der Waals surface area (Å²) < 4.78 is 0. The Morgan fingerprint density at radius 3 is 2.09 bits per heavy atom. The van der Waals surface area contributed by atoms with E-state index in [1.165, 1.54) is 11.8 Å². The summed E-state index contributed by atoms with van der Waals surface area (Å²) in [6, 6.07) is 20.1. The van der Waals surface area contributed by atoms with Gasteiger partial charge in [-0.15, -0.1) is 0 Å². The molecule has 0 fully saturated rings. The number of hydrogen-bond acceptors (Lipinski definition) is 6. The number of rotatable bonds is 4. The van der Waals surface area contributed by atoms with Gasteiger partial charge in [0, 0.05) is 0 Å². The van der Waals surface area contributed by atoms with E-state index >= 15 is 0 Å². The number of carbonyl (C=O) groups excluding carboxylic acids is 1. The molecule has 164 valence electrons. The molecule has 1 aliphatic rings. The third-order valence-electron chi connectivity index (χ3n) is 5.74. The van der Waals surface area contributed by atoms with Gasteiger partial charge in [-0.3, -0.25) is 9.69 Å². The maximum Gasteiger partial charge on any atom is 0.241 e. The lowest BCUT2D eigenvalue weighted by atomic mass is 9.94. The summed E-state index contributed by atoms with van der Waals surface area (Å²) in [6.07, 6.45) is 1.71. The van der Waals surface area contributed by atoms with Gasteiger partial charge in [-0.2, -0.15) is 10.5 Å². The number of aromatic nitrogens is 1. The monoisotopic (exact) mass is 453 g/mol. The van der Waals surface area contributed by atoms with E-state index in [4.69, 9.17) is 5.73 Å². The predicted molar refractivity (Wildman–Crippen MR) is 130 cm³/mol. The van der Waals surface area contributed by atoms with Crippen molar-refractivity contribution >= 4 is 34.9 Å². The van der Waals surface area contributed by atoms with Crippen LogP contribution in [-0.4, -0.2) is 16.6 Å². The van der Waals surface area contributed by atoms with Crippen molar-refractivity contribution in [3.8, 4) is 12.1 Å². The van der Waals surface area contributed by atoms with E-state index < -0.39 is 0 Å².